The summed E-state index contributed by atoms with van der Waals surface area (Å²) in [7, 11) is 0. The van der Waals surface area contributed by atoms with E-state index in [-0.39, 0.29) is 11.8 Å². The fourth-order valence-electron chi connectivity index (χ4n) is 1.55. The molecule has 0 bridgehead atoms. The van der Waals surface area contributed by atoms with Crippen molar-refractivity contribution in [1.82, 2.24) is 10.3 Å². The van der Waals surface area contributed by atoms with Gasteiger partial charge in [-0.3, -0.25) is 4.79 Å². The largest absolute Gasteiger partial charge is 0.481 e. The topological polar surface area (TPSA) is 62.2 Å². The zero-order valence-corrected chi connectivity index (χ0v) is 7.80. The Morgan fingerprint density at radius 2 is 2.54 bits per heavy atom. The zero-order chi connectivity index (χ0) is 9.31. The Labute approximate surface area is 79.6 Å². The minimum atomic E-state index is -0.753. The van der Waals surface area contributed by atoms with Crippen molar-refractivity contribution in [3.8, 4) is 0 Å². The molecule has 5 heteroatoms. The lowest BCUT2D eigenvalue weighted by Crippen LogP contribution is -2.57. The van der Waals surface area contributed by atoms with Gasteiger partial charge in [-0.25, -0.2) is 4.98 Å². The highest BCUT2D eigenvalue weighted by molar-refractivity contribution is 7.09. The number of carboxylic acids is 1. The summed E-state index contributed by atoms with van der Waals surface area (Å²) in [5.74, 6) is -0.753. The first-order valence-corrected chi connectivity index (χ1v) is 4.93. The van der Waals surface area contributed by atoms with Crippen LogP contribution < -0.4 is 5.32 Å². The molecule has 2 rings (SSSR count). The van der Waals surface area contributed by atoms with E-state index in [1.165, 1.54) is 11.3 Å². The highest BCUT2D eigenvalue weighted by atomic mass is 32.1. The highest BCUT2D eigenvalue weighted by Gasteiger charge is 2.42. The van der Waals surface area contributed by atoms with Crippen LogP contribution in [0.3, 0.4) is 0 Å². The third-order valence-corrected chi connectivity index (χ3v) is 3.32. The molecule has 4 nitrogen and oxygen atoms in total. The van der Waals surface area contributed by atoms with E-state index in [2.05, 4.69) is 10.3 Å². The molecule has 0 aromatic carbocycles. The summed E-state index contributed by atoms with van der Waals surface area (Å²) in [5, 5.41) is 14.7. The van der Waals surface area contributed by atoms with Gasteiger partial charge in [-0.05, 0) is 0 Å². The minimum Gasteiger partial charge on any atom is -0.481 e. The Hall–Kier alpha value is -0.940. The Morgan fingerprint density at radius 1 is 1.77 bits per heavy atom. The highest BCUT2D eigenvalue weighted by Crippen LogP contribution is 2.33. The van der Waals surface area contributed by atoms with Crippen LogP contribution in [-0.2, 0) is 10.2 Å². The van der Waals surface area contributed by atoms with Crippen molar-refractivity contribution in [1.29, 1.82) is 0 Å². The van der Waals surface area contributed by atoms with Gasteiger partial charge in [-0.15, -0.1) is 11.3 Å². The maximum atomic E-state index is 10.7. The summed E-state index contributed by atoms with van der Waals surface area (Å²) in [6, 6.07) is 0. The third kappa shape index (κ3) is 1.45. The standard InChI is InChI=1S/C8H10N2O2S/c11-6(12)3-8(4-9-5-8)7-10-1-2-13-7/h1-2,9H,3-5H2,(H,11,12). The number of aliphatic carboxylic acids is 1. The van der Waals surface area contributed by atoms with Crippen LogP contribution in [0.25, 0.3) is 0 Å². The monoisotopic (exact) mass is 198 g/mol. The lowest BCUT2D eigenvalue weighted by atomic mass is 9.79. The van der Waals surface area contributed by atoms with Crippen molar-refractivity contribution < 1.29 is 9.90 Å². The summed E-state index contributed by atoms with van der Waals surface area (Å²) in [4.78, 5) is 14.8. The van der Waals surface area contributed by atoms with Crippen LogP contribution in [0.4, 0.5) is 0 Å². The number of hydrogen-bond donors (Lipinski definition) is 2. The average Bonchev–Trinajstić information content (AvgIpc) is 2.48. The second-order valence-electron chi connectivity index (χ2n) is 3.29. The number of carboxylic acid groups (broad SMARTS) is 1. The van der Waals surface area contributed by atoms with Crippen LogP contribution in [0.2, 0.25) is 0 Å². The van der Waals surface area contributed by atoms with Crippen LogP contribution in [0, 0.1) is 0 Å². The first-order chi connectivity index (χ1) is 6.23. The third-order valence-electron chi connectivity index (χ3n) is 2.30. The quantitative estimate of drug-likeness (QED) is 0.740. The molecule has 2 N–H and O–H groups in total. The van der Waals surface area contributed by atoms with Crippen molar-refractivity contribution in [2.45, 2.75) is 11.8 Å². The fraction of sp³-hybridized carbons (Fsp3) is 0.500. The maximum Gasteiger partial charge on any atom is 0.304 e. The predicted molar refractivity (Wildman–Crippen MR) is 48.9 cm³/mol. The molecule has 0 saturated carbocycles. The van der Waals surface area contributed by atoms with E-state index >= 15 is 0 Å². The molecule has 0 radical (unpaired) electrons. The number of rotatable bonds is 3. The van der Waals surface area contributed by atoms with E-state index in [1.807, 2.05) is 5.38 Å². The fourth-order valence-corrected chi connectivity index (χ4v) is 2.39. The molecule has 1 aliphatic rings. The molecule has 1 saturated heterocycles. The van der Waals surface area contributed by atoms with Gasteiger partial charge >= 0.3 is 5.97 Å². The van der Waals surface area contributed by atoms with Crippen LogP contribution >= 0.6 is 11.3 Å². The molecule has 0 aliphatic carbocycles. The Bertz CT molecular complexity index is 306. The Kier molecular flexibility index (Phi) is 2.05. The summed E-state index contributed by atoms with van der Waals surface area (Å²) in [6.07, 6.45) is 1.90. The molecule has 13 heavy (non-hydrogen) atoms. The smallest absolute Gasteiger partial charge is 0.304 e. The molecular formula is C8H10N2O2S. The van der Waals surface area contributed by atoms with Crippen molar-refractivity contribution >= 4 is 17.3 Å². The van der Waals surface area contributed by atoms with Gasteiger partial charge in [0.2, 0.25) is 0 Å². The van der Waals surface area contributed by atoms with Gasteiger partial charge in [0.1, 0.15) is 5.01 Å². The normalized spacial score (nSPS) is 19.4. The van der Waals surface area contributed by atoms with Gasteiger partial charge in [0.05, 0.1) is 11.8 Å². The van der Waals surface area contributed by atoms with Gasteiger partial charge in [-0.1, -0.05) is 0 Å². The molecule has 1 aromatic rings. The zero-order valence-electron chi connectivity index (χ0n) is 6.99. The van der Waals surface area contributed by atoms with Crippen molar-refractivity contribution in [3.05, 3.63) is 16.6 Å². The molecule has 0 unspecified atom stereocenters. The van der Waals surface area contributed by atoms with E-state index in [9.17, 15) is 4.79 Å². The molecule has 1 fully saturated rings. The lowest BCUT2D eigenvalue weighted by Gasteiger charge is -2.39. The van der Waals surface area contributed by atoms with Crippen LogP contribution in [0.15, 0.2) is 11.6 Å². The van der Waals surface area contributed by atoms with Gasteiger partial charge in [-0.2, -0.15) is 0 Å². The van der Waals surface area contributed by atoms with Gasteiger partial charge < -0.3 is 10.4 Å². The van der Waals surface area contributed by atoms with Crippen molar-refractivity contribution in [2.24, 2.45) is 0 Å². The summed E-state index contributed by atoms with van der Waals surface area (Å²) in [5.41, 5.74) is -0.236. The number of nitrogens with zero attached hydrogens (tertiary/aromatic N) is 1. The molecular weight excluding hydrogens is 188 g/mol. The number of thiazole rings is 1. The van der Waals surface area contributed by atoms with E-state index in [0.29, 0.717) is 0 Å². The van der Waals surface area contributed by atoms with Crippen molar-refractivity contribution in [2.75, 3.05) is 13.1 Å². The Balaban J connectivity index is 2.20. The molecule has 0 spiro atoms. The Morgan fingerprint density at radius 3 is 2.92 bits per heavy atom. The SMILES string of the molecule is O=C(O)CC1(c2nccs2)CNC1. The first kappa shape index (κ1) is 8.65. The second-order valence-corrected chi connectivity index (χ2v) is 4.19. The predicted octanol–water partition coefficient (Wildman–Crippen LogP) is 0.459. The molecule has 2 heterocycles. The number of nitrogens with one attached hydrogen (secondary N) is 1. The first-order valence-electron chi connectivity index (χ1n) is 4.05. The summed E-state index contributed by atoms with van der Waals surface area (Å²) >= 11 is 1.53. The van der Waals surface area contributed by atoms with Gasteiger partial charge in [0.25, 0.3) is 0 Å². The van der Waals surface area contributed by atoms with Gasteiger partial charge in [0, 0.05) is 24.7 Å². The molecule has 1 aliphatic heterocycles. The number of aromatic nitrogens is 1. The number of hydrogen-bond acceptors (Lipinski definition) is 4. The van der Waals surface area contributed by atoms with E-state index in [0.717, 1.165) is 18.1 Å². The summed E-state index contributed by atoms with van der Waals surface area (Å²) in [6.45, 7) is 1.46. The van der Waals surface area contributed by atoms with Crippen molar-refractivity contribution in [3.63, 3.8) is 0 Å². The van der Waals surface area contributed by atoms with Gasteiger partial charge in [0.15, 0.2) is 0 Å². The lowest BCUT2D eigenvalue weighted by molar-refractivity contribution is -0.139. The molecule has 70 valence electrons. The average molecular weight is 198 g/mol. The van der Waals surface area contributed by atoms with E-state index in [1.54, 1.807) is 6.20 Å². The number of carbonyl (C=O) groups is 1. The molecule has 0 atom stereocenters. The van der Waals surface area contributed by atoms with Crippen LogP contribution in [0.1, 0.15) is 11.4 Å². The van der Waals surface area contributed by atoms with Crippen LogP contribution in [0.5, 0.6) is 0 Å². The minimum absolute atomic E-state index is 0.174. The summed E-state index contributed by atoms with van der Waals surface area (Å²) < 4.78 is 0. The second kappa shape index (κ2) is 3.08. The molecule has 0 amide bonds. The van der Waals surface area contributed by atoms with Crippen LogP contribution in [-0.4, -0.2) is 29.1 Å². The molecule has 1 aromatic heterocycles. The van der Waals surface area contributed by atoms with E-state index < -0.39 is 5.97 Å². The maximum absolute atomic E-state index is 10.7. The van der Waals surface area contributed by atoms with E-state index in [4.69, 9.17) is 5.11 Å².